The molecule has 0 aliphatic heterocycles. The Kier molecular flexibility index (Phi) is 6.39. The van der Waals surface area contributed by atoms with Crippen molar-refractivity contribution < 1.29 is 19.1 Å². The van der Waals surface area contributed by atoms with Gasteiger partial charge >= 0.3 is 5.97 Å². The molecule has 1 heterocycles. The fraction of sp³-hybridized carbons (Fsp3) is 0.353. The third kappa shape index (κ3) is 5.52. The zero-order valence-corrected chi connectivity index (χ0v) is 13.9. The van der Waals surface area contributed by atoms with Gasteiger partial charge in [-0.05, 0) is 19.1 Å². The fourth-order valence-corrected chi connectivity index (χ4v) is 2.24. The molecule has 0 saturated heterocycles. The van der Waals surface area contributed by atoms with Crippen molar-refractivity contribution in [1.82, 2.24) is 15.3 Å². The molecule has 1 aromatic heterocycles. The number of primary amides is 1. The van der Waals surface area contributed by atoms with Gasteiger partial charge in [-0.15, -0.1) is 0 Å². The van der Waals surface area contributed by atoms with Gasteiger partial charge in [0.15, 0.2) is 0 Å². The summed E-state index contributed by atoms with van der Waals surface area (Å²) < 4.78 is 4.75. The van der Waals surface area contributed by atoms with Crippen LogP contribution in [0.5, 0.6) is 0 Å². The minimum atomic E-state index is -0.926. The summed E-state index contributed by atoms with van der Waals surface area (Å²) in [5.41, 5.74) is 7.32. The summed E-state index contributed by atoms with van der Waals surface area (Å²) in [6.45, 7) is 1.94. The van der Waals surface area contributed by atoms with Crippen LogP contribution in [-0.4, -0.2) is 40.4 Å². The number of esters is 1. The SMILES string of the molecule is CCOC(=O)CCC(=O)N[C@@H](Cc1cnc2ccccc2n1)C(N)=O. The van der Waals surface area contributed by atoms with Crippen LogP contribution in [0.1, 0.15) is 25.5 Å². The highest BCUT2D eigenvalue weighted by atomic mass is 16.5. The Morgan fingerprint density at radius 2 is 1.92 bits per heavy atom. The summed E-state index contributed by atoms with van der Waals surface area (Å²) in [5.74, 6) is -1.60. The number of rotatable bonds is 8. The number of carbonyl (C=O) groups is 3. The zero-order valence-electron chi connectivity index (χ0n) is 13.9. The second-order valence-electron chi connectivity index (χ2n) is 5.38. The van der Waals surface area contributed by atoms with Gasteiger partial charge in [-0.1, -0.05) is 12.1 Å². The lowest BCUT2D eigenvalue weighted by atomic mass is 10.1. The van der Waals surface area contributed by atoms with E-state index in [1.54, 1.807) is 13.1 Å². The molecule has 25 heavy (non-hydrogen) atoms. The predicted octanol–water partition coefficient (Wildman–Crippen LogP) is 0.486. The maximum absolute atomic E-state index is 11.9. The molecule has 0 aliphatic rings. The van der Waals surface area contributed by atoms with Gasteiger partial charge in [-0.2, -0.15) is 0 Å². The molecular formula is C17H20N4O4. The van der Waals surface area contributed by atoms with Crippen molar-refractivity contribution >= 4 is 28.8 Å². The lowest BCUT2D eigenvalue weighted by Crippen LogP contribution is -2.46. The van der Waals surface area contributed by atoms with Crippen molar-refractivity contribution in [2.75, 3.05) is 6.61 Å². The average molecular weight is 344 g/mol. The van der Waals surface area contributed by atoms with Crippen molar-refractivity contribution in [2.45, 2.75) is 32.2 Å². The van der Waals surface area contributed by atoms with Gasteiger partial charge in [0.1, 0.15) is 6.04 Å². The van der Waals surface area contributed by atoms with Crippen molar-refractivity contribution in [1.29, 1.82) is 0 Å². The molecule has 0 fully saturated rings. The number of ether oxygens (including phenoxy) is 1. The first-order valence-electron chi connectivity index (χ1n) is 7.94. The number of nitrogens with two attached hydrogens (primary N) is 1. The topological polar surface area (TPSA) is 124 Å². The van der Waals surface area contributed by atoms with E-state index in [-0.39, 0.29) is 25.9 Å². The highest BCUT2D eigenvalue weighted by Crippen LogP contribution is 2.10. The molecule has 132 valence electrons. The van der Waals surface area contributed by atoms with E-state index in [0.717, 1.165) is 5.52 Å². The first-order valence-corrected chi connectivity index (χ1v) is 7.94. The number of nitrogens with one attached hydrogen (secondary N) is 1. The monoisotopic (exact) mass is 344 g/mol. The molecule has 0 spiro atoms. The lowest BCUT2D eigenvalue weighted by Gasteiger charge is -2.15. The van der Waals surface area contributed by atoms with E-state index in [2.05, 4.69) is 15.3 Å². The summed E-state index contributed by atoms with van der Waals surface area (Å²) >= 11 is 0. The first kappa shape index (κ1) is 18.3. The molecule has 1 aromatic carbocycles. The molecule has 8 nitrogen and oxygen atoms in total. The number of carbonyl (C=O) groups excluding carboxylic acids is 3. The molecule has 2 aromatic rings. The maximum Gasteiger partial charge on any atom is 0.306 e. The lowest BCUT2D eigenvalue weighted by molar-refractivity contribution is -0.144. The maximum atomic E-state index is 11.9. The van der Waals surface area contributed by atoms with Crippen LogP contribution in [0.2, 0.25) is 0 Å². The van der Waals surface area contributed by atoms with Crippen LogP contribution in [0.25, 0.3) is 11.0 Å². The van der Waals surface area contributed by atoms with E-state index in [1.807, 2.05) is 24.3 Å². The van der Waals surface area contributed by atoms with Crippen LogP contribution in [0.4, 0.5) is 0 Å². The Balaban J connectivity index is 1.98. The standard InChI is InChI=1S/C17H20N4O4/c1-2-25-16(23)8-7-15(22)21-14(17(18)24)9-11-10-19-12-5-3-4-6-13(12)20-11/h3-6,10,14H,2,7-9H2,1H3,(H2,18,24)(H,21,22)/t14-/m0/s1. The van der Waals surface area contributed by atoms with Gasteiger partial charge in [0, 0.05) is 19.0 Å². The Hall–Kier alpha value is -3.03. The summed E-state index contributed by atoms with van der Waals surface area (Å²) in [7, 11) is 0. The Labute approximate surface area is 144 Å². The van der Waals surface area contributed by atoms with Crippen molar-refractivity contribution in [3.63, 3.8) is 0 Å². The summed E-state index contributed by atoms with van der Waals surface area (Å²) in [4.78, 5) is 43.5. The zero-order chi connectivity index (χ0) is 18.2. The highest BCUT2D eigenvalue weighted by Gasteiger charge is 2.20. The highest BCUT2D eigenvalue weighted by molar-refractivity contribution is 5.88. The number of para-hydroxylation sites is 2. The third-order valence-corrected chi connectivity index (χ3v) is 3.45. The van der Waals surface area contributed by atoms with E-state index in [9.17, 15) is 14.4 Å². The van der Waals surface area contributed by atoms with Gasteiger partial charge in [0.25, 0.3) is 0 Å². The molecule has 0 unspecified atom stereocenters. The van der Waals surface area contributed by atoms with E-state index >= 15 is 0 Å². The Bertz CT molecular complexity index is 778. The predicted molar refractivity (Wildman–Crippen MR) is 90.2 cm³/mol. The number of amides is 2. The van der Waals surface area contributed by atoms with Gasteiger partial charge < -0.3 is 15.8 Å². The third-order valence-electron chi connectivity index (χ3n) is 3.45. The molecule has 0 saturated carbocycles. The number of benzene rings is 1. The second kappa shape index (κ2) is 8.72. The van der Waals surface area contributed by atoms with E-state index < -0.39 is 23.8 Å². The van der Waals surface area contributed by atoms with E-state index in [1.165, 1.54) is 0 Å². The largest absolute Gasteiger partial charge is 0.466 e. The van der Waals surface area contributed by atoms with Gasteiger partial charge in [-0.3, -0.25) is 19.4 Å². The number of aromatic nitrogens is 2. The molecular weight excluding hydrogens is 324 g/mol. The molecule has 2 rings (SSSR count). The number of hydrogen-bond acceptors (Lipinski definition) is 6. The Morgan fingerprint density at radius 1 is 1.20 bits per heavy atom. The quantitative estimate of drug-likeness (QED) is 0.671. The number of hydrogen-bond donors (Lipinski definition) is 2. The second-order valence-corrected chi connectivity index (χ2v) is 5.38. The molecule has 0 bridgehead atoms. The summed E-state index contributed by atoms with van der Waals surface area (Å²) in [6, 6.07) is 6.40. The fourth-order valence-electron chi connectivity index (χ4n) is 2.24. The van der Waals surface area contributed by atoms with Gasteiger partial charge in [0.05, 0.1) is 29.8 Å². The average Bonchev–Trinajstić information content (AvgIpc) is 2.59. The molecule has 1 atom stereocenters. The van der Waals surface area contributed by atoms with Crippen LogP contribution in [0.15, 0.2) is 30.5 Å². The van der Waals surface area contributed by atoms with E-state index in [4.69, 9.17) is 10.5 Å². The molecule has 0 aliphatic carbocycles. The van der Waals surface area contributed by atoms with Crippen LogP contribution in [0.3, 0.4) is 0 Å². The minimum Gasteiger partial charge on any atom is -0.466 e. The minimum absolute atomic E-state index is 0.0546. The summed E-state index contributed by atoms with van der Waals surface area (Å²) in [5, 5.41) is 2.52. The number of fused-ring (bicyclic) bond motifs is 1. The molecule has 3 N–H and O–H groups in total. The van der Waals surface area contributed by atoms with Crippen molar-refractivity contribution in [3.05, 3.63) is 36.2 Å². The summed E-state index contributed by atoms with van der Waals surface area (Å²) in [6.07, 6.45) is 1.54. The van der Waals surface area contributed by atoms with E-state index in [0.29, 0.717) is 11.2 Å². The van der Waals surface area contributed by atoms with Gasteiger partial charge in [0.2, 0.25) is 11.8 Å². The number of nitrogens with zero attached hydrogens (tertiary/aromatic N) is 2. The molecule has 0 radical (unpaired) electrons. The Morgan fingerprint density at radius 3 is 2.60 bits per heavy atom. The van der Waals surface area contributed by atoms with Crippen LogP contribution in [-0.2, 0) is 25.5 Å². The van der Waals surface area contributed by atoms with Crippen LogP contribution >= 0.6 is 0 Å². The van der Waals surface area contributed by atoms with Crippen molar-refractivity contribution in [2.24, 2.45) is 5.73 Å². The first-order chi connectivity index (χ1) is 12.0. The van der Waals surface area contributed by atoms with Crippen LogP contribution in [0, 0.1) is 0 Å². The smallest absolute Gasteiger partial charge is 0.306 e. The van der Waals surface area contributed by atoms with Crippen molar-refractivity contribution in [3.8, 4) is 0 Å². The van der Waals surface area contributed by atoms with Gasteiger partial charge in [-0.25, -0.2) is 4.98 Å². The van der Waals surface area contributed by atoms with Crippen LogP contribution < -0.4 is 11.1 Å². The normalized spacial score (nSPS) is 11.7. The molecule has 2 amide bonds. The molecule has 8 heteroatoms.